The van der Waals surface area contributed by atoms with Crippen molar-refractivity contribution in [3.8, 4) is 0 Å². The molecule has 0 aromatic heterocycles. The Bertz CT molecular complexity index is 1520. The number of rotatable bonds is 22. The molecule has 12 nitrogen and oxygen atoms in total. The summed E-state index contributed by atoms with van der Waals surface area (Å²) in [5, 5.41) is 2.93. The minimum absolute atomic E-state index is 0.000529. The van der Waals surface area contributed by atoms with E-state index in [1.807, 2.05) is 92.6 Å². The number of ketones is 2. The number of ether oxygens (including phenoxy) is 2. The third-order valence-corrected chi connectivity index (χ3v) is 12.2. The number of nitrogens with zero attached hydrogens (tertiary/aromatic N) is 3. The van der Waals surface area contributed by atoms with Crippen molar-refractivity contribution in [1.82, 2.24) is 20.0 Å². The van der Waals surface area contributed by atoms with Crippen molar-refractivity contribution in [3.63, 3.8) is 0 Å². The molecule has 1 aliphatic rings. The maximum absolute atomic E-state index is 14.5. The molecule has 4 amide bonds. The summed E-state index contributed by atoms with van der Waals surface area (Å²) in [5.74, 6) is -2.80. The predicted molar refractivity (Wildman–Crippen MR) is 228 cm³/mol. The zero-order valence-electron chi connectivity index (χ0n) is 38.3. The molecule has 12 heteroatoms. The molecule has 1 aliphatic heterocycles. The second kappa shape index (κ2) is 22.7. The summed E-state index contributed by atoms with van der Waals surface area (Å²) in [6.07, 6.45) is 1.17. The van der Waals surface area contributed by atoms with Gasteiger partial charge in [0.25, 0.3) is 0 Å². The summed E-state index contributed by atoms with van der Waals surface area (Å²) < 4.78 is 12.0. The first-order chi connectivity index (χ1) is 27.0. The van der Waals surface area contributed by atoms with E-state index in [1.54, 1.807) is 45.0 Å². The predicted octanol–water partition coefficient (Wildman–Crippen LogP) is 5.98. The number of amides is 4. The van der Waals surface area contributed by atoms with Crippen LogP contribution >= 0.6 is 0 Å². The fourth-order valence-corrected chi connectivity index (χ4v) is 8.65. The van der Waals surface area contributed by atoms with Gasteiger partial charge in [-0.05, 0) is 49.5 Å². The molecule has 1 heterocycles. The quantitative estimate of drug-likeness (QED) is 0.151. The minimum Gasteiger partial charge on any atom is -0.379 e. The van der Waals surface area contributed by atoms with Crippen LogP contribution in [0.3, 0.4) is 0 Å². The molecule has 0 unspecified atom stereocenters. The largest absolute Gasteiger partial charge is 0.379 e. The molecule has 328 valence electrons. The number of likely N-dealkylation sites (N-methyl/N-ethyl adjacent to an activating group) is 2. The van der Waals surface area contributed by atoms with Crippen LogP contribution in [0, 0.1) is 35.0 Å². The highest BCUT2D eigenvalue weighted by Gasteiger charge is 2.44. The third-order valence-electron chi connectivity index (χ3n) is 12.2. The van der Waals surface area contributed by atoms with E-state index in [0.29, 0.717) is 25.8 Å². The Balaban J connectivity index is 2.31. The summed E-state index contributed by atoms with van der Waals surface area (Å²) >= 11 is 0. The van der Waals surface area contributed by atoms with Crippen molar-refractivity contribution in [2.24, 2.45) is 35.0 Å². The molecule has 1 aromatic carbocycles. The number of likely N-dealkylation sites (tertiary alicyclic amines) is 1. The molecule has 9 atom stereocenters. The zero-order chi connectivity index (χ0) is 44.2. The second-order valence-electron chi connectivity index (χ2n) is 18.3. The number of benzene rings is 1. The van der Waals surface area contributed by atoms with Crippen LogP contribution in [-0.4, -0.2) is 121 Å². The number of hydrogen-bond donors (Lipinski definition) is 1. The van der Waals surface area contributed by atoms with Crippen LogP contribution in [0.1, 0.15) is 114 Å². The molecule has 0 spiro atoms. The van der Waals surface area contributed by atoms with Gasteiger partial charge in [-0.25, -0.2) is 0 Å². The number of hydrogen-bond acceptors (Lipinski definition) is 8. The second-order valence-corrected chi connectivity index (χ2v) is 18.3. The molecule has 0 bridgehead atoms. The summed E-state index contributed by atoms with van der Waals surface area (Å²) in [5.41, 5.74) is 0.271. The van der Waals surface area contributed by atoms with E-state index < -0.39 is 47.6 Å². The van der Waals surface area contributed by atoms with E-state index in [2.05, 4.69) is 5.32 Å². The Morgan fingerprint density at radius 1 is 0.879 bits per heavy atom. The molecule has 1 fully saturated rings. The van der Waals surface area contributed by atoms with Crippen LogP contribution in [0.25, 0.3) is 0 Å². The van der Waals surface area contributed by atoms with Crippen molar-refractivity contribution in [1.29, 1.82) is 0 Å². The van der Waals surface area contributed by atoms with Crippen LogP contribution in [-0.2, 0) is 44.7 Å². The first-order valence-electron chi connectivity index (χ1n) is 21.3. The third kappa shape index (κ3) is 13.2. The van der Waals surface area contributed by atoms with Gasteiger partial charge in [-0.3, -0.25) is 28.8 Å². The van der Waals surface area contributed by atoms with Crippen LogP contribution in [0.2, 0.25) is 0 Å². The average molecular weight is 813 g/mol. The molecule has 1 aromatic rings. The van der Waals surface area contributed by atoms with Gasteiger partial charge in [0.05, 0.1) is 48.7 Å². The zero-order valence-corrected chi connectivity index (χ0v) is 38.3. The number of nitrogens with one attached hydrogen (secondary N) is 1. The van der Waals surface area contributed by atoms with Gasteiger partial charge in [-0.2, -0.15) is 0 Å². The molecular weight excluding hydrogens is 737 g/mol. The number of Topliss-reactive ketones (excluding diaryl/α,β-unsaturated/α-hetero) is 2. The highest BCUT2D eigenvalue weighted by Crippen LogP contribution is 2.31. The lowest BCUT2D eigenvalue weighted by Gasteiger charge is -2.41. The van der Waals surface area contributed by atoms with Crippen LogP contribution in [0.15, 0.2) is 30.3 Å². The Morgan fingerprint density at radius 2 is 1.48 bits per heavy atom. The van der Waals surface area contributed by atoms with E-state index in [0.717, 1.165) is 12.0 Å². The molecule has 0 radical (unpaired) electrons. The van der Waals surface area contributed by atoms with Gasteiger partial charge in [0, 0.05) is 52.6 Å². The smallest absolute Gasteiger partial charge is 0.228 e. The Hall–Kier alpha value is -3.64. The first-order valence-corrected chi connectivity index (χ1v) is 21.3. The summed E-state index contributed by atoms with van der Waals surface area (Å²) in [6, 6.07) is 7.30. The van der Waals surface area contributed by atoms with Gasteiger partial charge in [-0.1, -0.05) is 106 Å². The Kier molecular flexibility index (Phi) is 19.7. The molecular formula is C46H76N4O8. The fraction of sp³-hybridized carbons (Fsp3) is 0.739. The van der Waals surface area contributed by atoms with Gasteiger partial charge in [0.1, 0.15) is 0 Å². The topological polar surface area (TPSA) is 143 Å². The van der Waals surface area contributed by atoms with E-state index in [4.69, 9.17) is 9.47 Å². The van der Waals surface area contributed by atoms with Crippen LogP contribution in [0.4, 0.5) is 0 Å². The molecule has 2 rings (SSSR count). The van der Waals surface area contributed by atoms with E-state index in [1.165, 1.54) is 11.8 Å². The highest BCUT2D eigenvalue weighted by molar-refractivity contribution is 5.94. The van der Waals surface area contributed by atoms with E-state index in [9.17, 15) is 28.8 Å². The highest BCUT2D eigenvalue weighted by atomic mass is 16.5. The van der Waals surface area contributed by atoms with Crippen molar-refractivity contribution in [2.75, 3.05) is 34.9 Å². The molecule has 1 saturated heterocycles. The monoisotopic (exact) mass is 813 g/mol. The van der Waals surface area contributed by atoms with Crippen LogP contribution < -0.4 is 5.32 Å². The van der Waals surface area contributed by atoms with Gasteiger partial charge in [0.15, 0.2) is 11.6 Å². The van der Waals surface area contributed by atoms with Gasteiger partial charge in [-0.15, -0.1) is 0 Å². The standard InChI is InChI=1S/C46H76N4O8/c1-16-30(6)41(48(12)44(55)34(28(2)3)26-37(52)40(29(4)5)49(13)45(56)46(9,10)11)38(57-14)27-39(53)50-24-20-23-36(50)42(58-15)31(7)43(54)47-35(32(8)51)25-33-21-18-17-19-22-33/h17-19,21-22,28-31,34-36,38,40-42H,16,20,23-27H2,1-15H3,(H,47,54)/t30-,31+,34-,35-,36-,38+,40-,41-,42+/m0/s1. The van der Waals surface area contributed by atoms with Crippen molar-refractivity contribution in [3.05, 3.63) is 35.9 Å². The first kappa shape index (κ1) is 50.5. The summed E-state index contributed by atoms with van der Waals surface area (Å²) in [7, 11) is 6.49. The minimum atomic E-state index is -0.695. The van der Waals surface area contributed by atoms with Crippen LogP contribution in [0.5, 0.6) is 0 Å². The van der Waals surface area contributed by atoms with E-state index >= 15 is 0 Å². The van der Waals surface area contributed by atoms with Crippen molar-refractivity contribution < 1.29 is 38.2 Å². The van der Waals surface area contributed by atoms with Crippen molar-refractivity contribution in [2.45, 2.75) is 151 Å². The molecule has 0 saturated carbocycles. The van der Waals surface area contributed by atoms with Crippen molar-refractivity contribution >= 4 is 35.2 Å². The van der Waals surface area contributed by atoms with Gasteiger partial charge < -0.3 is 29.5 Å². The molecule has 1 N–H and O–H groups in total. The maximum atomic E-state index is 14.5. The Morgan fingerprint density at radius 3 is 1.97 bits per heavy atom. The maximum Gasteiger partial charge on any atom is 0.228 e. The lowest BCUT2D eigenvalue weighted by molar-refractivity contribution is -0.150. The SMILES string of the molecule is CC[C@H](C)[C@@H]([C@@H](CC(=O)N1CCC[C@H]1[C@H](OC)[C@@H](C)C(=O)N[C@@H](Cc1ccccc1)C(C)=O)OC)N(C)C(=O)[C@@H](CC(=O)[C@H](C(C)C)N(C)C(=O)C(C)(C)C)C(C)C. The average Bonchev–Trinajstić information content (AvgIpc) is 3.65. The molecule has 0 aliphatic carbocycles. The lowest BCUT2D eigenvalue weighted by atomic mass is 9.83. The van der Waals surface area contributed by atoms with E-state index in [-0.39, 0.29) is 71.8 Å². The number of methoxy groups -OCH3 is 2. The number of carbonyl (C=O) groups excluding carboxylic acids is 6. The fourth-order valence-electron chi connectivity index (χ4n) is 8.65. The summed E-state index contributed by atoms with van der Waals surface area (Å²) in [4.78, 5) is 87.3. The molecule has 58 heavy (non-hydrogen) atoms. The Labute approximate surface area is 349 Å². The summed E-state index contributed by atoms with van der Waals surface area (Å²) in [6.45, 7) is 21.0. The number of carbonyl (C=O) groups is 6. The van der Waals surface area contributed by atoms with Gasteiger partial charge in [0.2, 0.25) is 23.6 Å². The van der Waals surface area contributed by atoms with Gasteiger partial charge >= 0.3 is 0 Å². The lowest BCUT2D eigenvalue weighted by Crippen LogP contribution is -2.55. The normalized spacial score (nSPS) is 18.8.